The van der Waals surface area contributed by atoms with Crippen LogP contribution in [0.5, 0.6) is 11.5 Å². The SMILES string of the molecule is COc1cc(OC)cc(-c2cc(C(C)(C)C)nc3[nH]nc(N)c23)c1. The summed E-state index contributed by atoms with van der Waals surface area (Å²) in [5, 5.41) is 7.84. The summed E-state index contributed by atoms with van der Waals surface area (Å²) in [6, 6.07) is 7.81. The fourth-order valence-electron chi connectivity index (χ4n) is 2.63. The molecule has 3 N–H and O–H groups in total. The number of benzene rings is 1. The molecule has 2 aromatic heterocycles. The predicted molar refractivity (Wildman–Crippen MR) is 95.5 cm³/mol. The van der Waals surface area contributed by atoms with Crippen LogP contribution in [0.15, 0.2) is 24.3 Å². The van der Waals surface area contributed by atoms with Crippen molar-refractivity contribution in [3.8, 4) is 22.6 Å². The highest BCUT2D eigenvalue weighted by atomic mass is 16.5. The van der Waals surface area contributed by atoms with Crippen molar-refractivity contribution in [3.05, 3.63) is 30.0 Å². The second-order valence-electron chi connectivity index (χ2n) is 6.74. The van der Waals surface area contributed by atoms with Crippen molar-refractivity contribution in [2.45, 2.75) is 26.2 Å². The number of nitrogens with one attached hydrogen (secondary N) is 1. The molecular weight excluding hydrogens is 304 g/mol. The lowest BCUT2D eigenvalue weighted by Gasteiger charge is -2.19. The number of H-pyrrole nitrogens is 1. The van der Waals surface area contributed by atoms with Gasteiger partial charge in [0.1, 0.15) is 11.5 Å². The van der Waals surface area contributed by atoms with Gasteiger partial charge in [-0.2, -0.15) is 5.10 Å². The normalized spacial score (nSPS) is 11.7. The third-order valence-corrected chi connectivity index (χ3v) is 3.99. The van der Waals surface area contributed by atoms with E-state index in [0.717, 1.165) is 22.2 Å². The van der Waals surface area contributed by atoms with Gasteiger partial charge in [-0.25, -0.2) is 4.98 Å². The first-order valence-electron chi connectivity index (χ1n) is 7.72. The van der Waals surface area contributed by atoms with Crippen molar-refractivity contribution in [3.63, 3.8) is 0 Å². The minimum atomic E-state index is -0.105. The minimum absolute atomic E-state index is 0.105. The van der Waals surface area contributed by atoms with E-state index in [2.05, 4.69) is 42.0 Å². The maximum atomic E-state index is 6.07. The number of hydrogen-bond acceptors (Lipinski definition) is 5. The Labute approximate surface area is 141 Å². The Bertz CT molecular complexity index is 872. The summed E-state index contributed by atoms with van der Waals surface area (Å²) in [4.78, 5) is 4.68. The maximum Gasteiger partial charge on any atom is 0.158 e. The molecule has 0 amide bonds. The second-order valence-corrected chi connectivity index (χ2v) is 6.74. The number of nitrogens with two attached hydrogens (primary N) is 1. The van der Waals surface area contributed by atoms with Gasteiger partial charge in [0.2, 0.25) is 0 Å². The molecule has 3 rings (SSSR count). The summed E-state index contributed by atoms with van der Waals surface area (Å²) in [6.07, 6.45) is 0. The number of methoxy groups -OCH3 is 2. The lowest BCUT2D eigenvalue weighted by atomic mass is 9.89. The van der Waals surface area contributed by atoms with Gasteiger partial charge in [-0.3, -0.25) is 5.10 Å². The Balaban J connectivity index is 2.34. The third kappa shape index (κ3) is 2.75. The van der Waals surface area contributed by atoms with Gasteiger partial charge < -0.3 is 15.2 Å². The number of anilines is 1. The molecule has 1 aromatic carbocycles. The van der Waals surface area contributed by atoms with Crippen molar-refractivity contribution in [1.29, 1.82) is 0 Å². The zero-order chi connectivity index (χ0) is 17.5. The average molecular weight is 326 g/mol. The number of fused-ring (bicyclic) bond motifs is 1. The van der Waals surface area contributed by atoms with Crippen LogP contribution in [0.1, 0.15) is 26.5 Å². The smallest absolute Gasteiger partial charge is 0.158 e. The van der Waals surface area contributed by atoms with Crippen LogP contribution < -0.4 is 15.2 Å². The van der Waals surface area contributed by atoms with E-state index in [4.69, 9.17) is 15.2 Å². The fourth-order valence-corrected chi connectivity index (χ4v) is 2.63. The Morgan fingerprint density at radius 2 is 1.62 bits per heavy atom. The van der Waals surface area contributed by atoms with E-state index in [-0.39, 0.29) is 5.41 Å². The van der Waals surface area contributed by atoms with Gasteiger partial charge >= 0.3 is 0 Å². The van der Waals surface area contributed by atoms with Crippen LogP contribution in [0.4, 0.5) is 5.82 Å². The molecule has 0 unspecified atom stereocenters. The first-order chi connectivity index (χ1) is 11.3. The lowest BCUT2D eigenvalue weighted by Crippen LogP contribution is -2.13. The van der Waals surface area contributed by atoms with Gasteiger partial charge in [-0.1, -0.05) is 20.8 Å². The summed E-state index contributed by atoms with van der Waals surface area (Å²) in [5.74, 6) is 1.86. The molecule has 24 heavy (non-hydrogen) atoms. The van der Waals surface area contributed by atoms with E-state index in [9.17, 15) is 0 Å². The standard InChI is InChI=1S/C18H22N4O2/c1-18(2,3)14-9-13(15-16(19)21-22-17(15)20-14)10-6-11(23-4)8-12(7-10)24-5/h6-9H,1-5H3,(H3,19,20,21,22). The molecule has 0 atom stereocenters. The van der Waals surface area contributed by atoms with Crippen LogP contribution in [0.2, 0.25) is 0 Å². The van der Waals surface area contributed by atoms with Crippen molar-refractivity contribution in [1.82, 2.24) is 15.2 Å². The molecule has 0 saturated heterocycles. The predicted octanol–water partition coefficient (Wildman–Crippen LogP) is 3.52. The number of rotatable bonds is 3. The summed E-state index contributed by atoms with van der Waals surface area (Å²) >= 11 is 0. The fraction of sp³-hybridized carbons (Fsp3) is 0.333. The quantitative estimate of drug-likeness (QED) is 0.769. The van der Waals surface area contributed by atoms with Crippen LogP contribution in [-0.2, 0) is 5.41 Å². The zero-order valence-corrected chi connectivity index (χ0v) is 14.6. The monoisotopic (exact) mass is 326 g/mol. The second kappa shape index (κ2) is 5.70. The first kappa shape index (κ1) is 16.1. The molecule has 2 heterocycles. The summed E-state index contributed by atoms with van der Waals surface area (Å²) < 4.78 is 10.8. The van der Waals surface area contributed by atoms with Crippen molar-refractivity contribution < 1.29 is 9.47 Å². The molecule has 126 valence electrons. The molecule has 0 aliphatic heterocycles. The van der Waals surface area contributed by atoms with Gasteiger partial charge in [0.05, 0.1) is 19.6 Å². The van der Waals surface area contributed by atoms with Crippen LogP contribution >= 0.6 is 0 Å². The Kier molecular flexibility index (Phi) is 3.83. The number of nitrogens with zero attached hydrogens (tertiary/aromatic N) is 2. The van der Waals surface area contributed by atoms with Gasteiger partial charge in [-0.05, 0) is 29.3 Å². The molecule has 0 spiro atoms. The van der Waals surface area contributed by atoms with E-state index >= 15 is 0 Å². The molecule has 3 aromatic rings. The highest BCUT2D eigenvalue weighted by molar-refractivity contribution is 6.00. The van der Waals surface area contributed by atoms with Crippen LogP contribution in [0.3, 0.4) is 0 Å². The molecular formula is C18H22N4O2. The Hall–Kier alpha value is -2.76. The van der Waals surface area contributed by atoms with Gasteiger partial charge in [-0.15, -0.1) is 0 Å². The Morgan fingerprint density at radius 3 is 2.17 bits per heavy atom. The van der Waals surface area contributed by atoms with Crippen LogP contribution in [0.25, 0.3) is 22.2 Å². The summed E-state index contributed by atoms with van der Waals surface area (Å²) in [5.41, 5.74) is 9.49. The Morgan fingerprint density at radius 1 is 1.00 bits per heavy atom. The van der Waals surface area contributed by atoms with Crippen molar-refractivity contribution in [2.24, 2.45) is 0 Å². The topological polar surface area (TPSA) is 86.0 Å². The van der Waals surface area contributed by atoms with Gasteiger partial charge in [0.15, 0.2) is 11.5 Å². The molecule has 6 nitrogen and oxygen atoms in total. The van der Waals surface area contributed by atoms with E-state index in [1.807, 2.05) is 18.2 Å². The molecule has 0 radical (unpaired) electrons. The molecule has 0 fully saturated rings. The molecule has 0 aliphatic carbocycles. The van der Waals surface area contributed by atoms with Crippen LogP contribution in [0, 0.1) is 0 Å². The van der Waals surface area contributed by atoms with E-state index < -0.39 is 0 Å². The highest BCUT2D eigenvalue weighted by Crippen LogP contribution is 2.37. The first-order valence-corrected chi connectivity index (χ1v) is 7.72. The number of ether oxygens (including phenoxy) is 2. The third-order valence-electron chi connectivity index (χ3n) is 3.99. The molecule has 0 saturated carbocycles. The number of pyridine rings is 1. The average Bonchev–Trinajstić information content (AvgIpc) is 2.94. The van der Waals surface area contributed by atoms with Gasteiger partial charge in [0, 0.05) is 17.2 Å². The largest absolute Gasteiger partial charge is 0.497 e. The number of aromatic nitrogens is 3. The van der Waals surface area contributed by atoms with Crippen molar-refractivity contribution in [2.75, 3.05) is 20.0 Å². The van der Waals surface area contributed by atoms with E-state index in [0.29, 0.717) is 23.0 Å². The maximum absolute atomic E-state index is 6.07. The van der Waals surface area contributed by atoms with E-state index in [1.54, 1.807) is 14.2 Å². The highest BCUT2D eigenvalue weighted by Gasteiger charge is 2.21. The van der Waals surface area contributed by atoms with Gasteiger partial charge in [0.25, 0.3) is 0 Å². The summed E-state index contributed by atoms with van der Waals surface area (Å²) in [7, 11) is 3.26. The molecule has 6 heteroatoms. The number of aromatic amines is 1. The van der Waals surface area contributed by atoms with E-state index in [1.165, 1.54) is 0 Å². The minimum Gasteiger partial charge on any atom is -0.497 e. The lowest BCUT2D eigenvalue weighted by molar-refractivity contribution is 0.394. The zero-order valence-electron chi connectivity index (χ0n) is 14.6. The van der Waals surface area contributed by atoms with Crippen molar-refractivity contribution >= 4 is 16.9 Å². The number of hydrogen-bond donors (Lipinski definition) is 2. The molecule has 0 aliphatic rings. The number of nitrogen functional groups attached to an aromatic ring is 1. The summed E-state index contributed by atoms with van der Waals surface area (Å²) in [6.45, 7) is 6.37. The van der Waals surface area contributed by atoms with Crippen LogP contribution in [-0.4, -0.2) is 29.4 Å². The molecule has 0 bridgehead atoms.